The Kier molecular flexibility index (Phi) is 8.23. The minimum atomic E-state index is -0.352. The first-order valence-electron chi connectivity index (χ1n) is 10.6. The van der Waals surface area contributed by atoms with Crippen LogP contribution >= 0.6 is 0 Å². The highest BCUT2D eigenvalue weighted by atomic mass is 16.5. The number of quaternary nitrogens is 2. The average molecular weight is 414 g/mol. The normalized spacial score (nSPS) is 18.4. The smallest absolute Gasteiger partial charge is 0.338 e. The van der Waals surface area contributed by atoms with Crippen molar-refractivity contribution in [2.75, 3.05) is 57.8 Å². The van der Waals surface area contributed by atoms with Crippen molar-refractivity contribution in [2.45, 2.75) is 6.92 Å². The second-order valence-electron chi connectivity index (χ2n) is 7.43. The maximum atomic E-state index is 12.4. The molecule has 1 amide bonds. The van der Waals surface area contributed by atoms with Crippen LogP contribution in [0, 0.1) is 0 Å². The Morgan fingerprint density at radius 1 is 0.933 bits per heavy atom. The van der Waals surface area contributed by atoms with E-state index < -0.39 is 0 Å². The second kappa shape index (κ2) is 11.3. The van der Waals surface area contributed by atoms with Crippen molar-refractivity contribution in [1.29, 1.82) is 0 Å². The molecule has 7 nitrogen and oxygen atoms in total. The Labute approximate surface area is 177 Å². The van der Waals surface area contributed by atoms with E-state index in [2.05, 4.69) is 5.32 Å². The molecule has 1 heterocycles. The molecule has 0 saturated carbocycles. The third-order valence-corrected chi connectivity index (χ3v) is 5.22. The van der Waals surface area contributed by atoms with Crippen LogP contribution in [0.2, 0.25) is 0 Å². The molecule has 3 N–H and O–H groups in total. The van der Waals surface area contributed by atoms with E-state index in [9.17, 15) is 9.59 Å². The molecule has 2 aromatic carbocycles. The maximum Gasteiger partial charge on any atom is 0.338 e. The van der Waals surface area contributed by atoms with Crippen LogP contribution in [0.5, 0.6) is 5.75 Å². The zero-order valence-corrected chi connectivity index (χ0v) is 17.5. The zero-order chi connectivity index (χ0) is 21.2. The molecule has 0 spiro atoms. The predicted octanol–water partition coefficient (Wildman–Crippen LogP) is -0.336. The van der Waals surface area contributed by atoms with Gasteiger partial charge in [0.15, 0.2) is 6.54 Å². The number of hydrogen-bond donors (Lipinski definition) is 3. The van der Waals surface area contributed by atoms with Gasteiger partial charge in [0.05, 0.1) is 12.2 Å². The van der Waals surface area contributed by atoms with E-state index in [1.165, 1.54) is 9.80 Å². The first-order chi connectivity index (χ1) is 14.6. The molecule has 1 fully saturated rings. The highest BCUT2D eigenvalue weighted by Crippen LogP contribution is 2.10. The van der Waals surface area contributed by atoms with Gasteiger partial charge >= 0.3 is 5.97 Å². The summed E-state index contributed by atoms with van der Waals surface area (Å²) in [5, 5.41) is 2.91. The van der Waals surface area contributed by atoms with Crippen LogP contribution in [-0.2, 0) is 9.53 Å². The summed E-state index contributed by atoms with van der Waals surface area (Å²) in [6.45, 7) is 8.26. The number of carbonyl (C=O) groups is 2. The van der Waals surface area contributed by atoms with E-state index in [0.29, 0.717) is 31.0 Å². The van der Waals surface area contributed by atoms with Crippen LogP contribution in [0.3, 0.4) is 0 Å². The fourth-order valence-electron chi connectivity index (χ4n) is 3.55. The average Bonchev–Trinajstić information content (AvgIpc) is 2.76. The Morgan fingerprint density at radius 3 is 2.27 bits per heavy atom. The standard InChI is InChI=1S/C23H29N3O4/c1-2-29-23(28)19-8-10-20(11-9-19)24-22(27)18-26-14-12-25(13-15-26)16-17-30-21-6-4-3-5-7-21/h3-11H,2,12-18H2,1H3,(H,24,27)/p+2. The first-order valence-corrected chi connectivity index (χ1v) is 10.6. The minimum Gasteiger partial charge on any atom is -0.488 e. The summed E-state index contributed by atoms with van der Waals surface area (Å²) in [7, 11) is 0. The van der Waals surface area contributed by atoms with Gasteiger partial charge in [0, 0.05) is 5.69 Å². The molecule has 2 aromatic rings. The van der Waals surface area contributed by atoms with Crippen molar-refractivity contribution in [1.82, 2.24) is 0 Å². The van der Waals surface area contributed by atoms with Crippen molar-refractivity contribution in [3.63, 3.8) is 0 Å². The minimum absolute atomic E-state index is 0.00949. The number of esters is 1. The molecule has 1 saturated heterocycles. The highest BCUT2D eigenvalue weighted by molar-refractivity contribution is 5.93. The lowest BCUT2D eigenvalue weighted by Crippen LogP contribution is -3.28. The number of benzene rings is 2. The Morgan fingerprint density at radius 2 is 1.60 bits per heavy atom. The van der Waals surface area contributed by atoms with Crippen molar-refractivity contribution in [3.05, 3.63) is 60.2 Å². The van der Waals surface area contributed by atoms with E-state index in [4.69, 9.17) is 9.47 Å². The molecule has 1 aliphatic rings. The lowest BCUT2D eigenvalue weighted by Gasteiger charge is -2.29. The van der Waals surface area contributed by atoms with Crippen molar-refractivity contribution < 1.29 is 28.9 Å². The van der Waals surface area contributed by atoms with Gasteiger partial charge in [-0.05, 0) is 43.3 Å². The molecular weight excluding hydrogens is 382 g/mol. The molecule has 0 aromatic heterocycles. The summed E-state index contributed by atoms with van der Waals surface area (Å²) in [5.74, 6) is 0.548. The molecular formula is C23H31N3O4+2. The predicted molar refractivity (Wildman–Crippen MR) is 114 cm³/mol. The summed E-state index contributed by atoms with van der Waals surface area (Å²) < 4.78 is 10.7. The van der Waals surface area contributed by atoms with E-state index >= 15 is 0 Å². The number of piperazine rings is 1. The maximum absolute atomic E-state index is 12.4. The van der Waals surface area contributed by atoms with Gasteiger partial charge in [-0.1, -0.05) is 18.2 Å². The van der Waals surface area contributed by atoms with Gasteiger partial charge in [-0.15, -0.1) is 0 Å². The molecule has 3 rings (SSSR count). The summed E-state index contributed by atoms with van der Waals surface area (Å²) in [5.41, 5.74) is 1.17. The topological polar surface area (TPSA) is 73.5 Å². The SMILES string of the molecule is CCOC(=O)c1ccc(NC(=O)C[NH+]2CC[NH+](CCOc3ccccc3)CC2)cc1. The molecule has 7 heteroatoms. The Balaban J connectivity index is 1.34. The monoisotopic (exact) mass is 413 g/mol. The van der Waals surface area contributed by atoms with E-state index in [1.807, 2.05) is 30.3 Å². The number of anilines is 1. The van der Waals surface area contributed by atoms with Crippen LogP contribution in [0.1, 0.15) is 17.3 Å². The number of rotatable bonds is 9. The van der Waals surface area contributed by atoms with Gasteiger partial charge in [-0.2, -0.15) is 0 Å². The lowest BCUT2D eigenvalue weighted by atomic mass is 10.2. The Hall–Kier alpha value is -2.90. The van der Waals surface area contributed by atoms with Crippen LogP contribution in [-0.4, -0.2) is 64.4 Å². The highest BCUT2D eigenvalue weighted by Gasteiger charge is 2.24. The van der Waals surface area contributed by atoms with Crippen molar-refractivity contribution in [3.8, 4) is 5.75 Å². The molecule has 0 atom stereocenters. The number of ether oxygens (including phenoxy) is 2. The van der Waals surface area contributed by atoms with Gasteiger partial charge in [0.2, 0.25) is 0 Å². The quantitative estimate of drug-likeness (QED) is 0.492. The number of carbonyl (C=O) groups excluding carboxylic acids is 2. The van der Waals surface area contributed by atoms with Crippen LogP contribution < -0.4 is 19.9 Å². The van der Waals surface area contributed by atoms with E-state index in [1.54, 1.807) is 31.2 Å². The van der Waals surface area contributed by atoms with Gasteiger partial charge in [0.1, 0.15) is 45.1 Å². The summed E-state index contributed by atoms with van der Waals surface area (Å²) in [6.07, 6.45) is 0. The third kappa shape index (κ3) is 6.86. The number of nitrogens with one attached hydrogen (secondary N) is 3. The number of hydrogen-bond acceptors (Lipinski definition) is 4. The van der Waals surface area contributed by atoms with Crippen LogP contribution in [0.15, 0.2) is 54.6 Å². The summed E-state index contributed by atoms with van der Waals surface area (Å²) in [4.78, 5) is 26.9. The van der Waals surface area contributed by atoms with Gasteiger partial charge in [-0.3, -0.25) is 4.79 Å². The van der Waals surface area contributed by atoms with Gasteiger partial charge in [-0.25, -0.2) is 4.79 Å². The summed E-state index contributed by atoms with van der Waals surface area (Å²) in [6, 6.07) is 16.7. The van der Waals surface area contributed by atoms with Gasteiger partial charge < -0.3 is 24.6 Å². The largest absolute Gasteiger partial charge is 0.488 e. The first kappa shape index (κ1) is 21.8. The molecule has 160 valence electrons. The molecule has 0 radical (unpaired) electrons. The van der Waals surface area contributed by atoms with E-state index in [-0.39, 0.29) is 11.9 Å². The second-order valence-corrected chi connectivity index (χ2v) is 7.43. The van der Waals surface area contributed by atoms with Crippen LogP contribution in [0.25, 0.3) is 0 Å². The summed E-state index contributed by atoms with van der Waals surface area (Å²) >= 11 is 0. The van der Waals surface area contributed by atoms with E-state index in [0.717, 1.165) is 38.5 Å². The van der Waals surface area contributed by atoms with Crippen molar-refractivity contribution in [2.24, 2.45) is 0 Å². The zero-order valence-electron chi connectivity index (χ0n) is 17.5. The fourth-order valence-corrected chi connectivity index (χ4v) is 3.55. The van der Waals surface area contributed by atoms with Gasteiger partial charge in [0.25, 0.3) is 5.91 Å². The molecule has 0 bridgehead atoms. The number of para-hydroxylation sites is 1. The molecule has 0 aliphatic carbocycles. The van der Waals surface area contributed by atoms with Crippen molar-refractivity contribution >= 4 is 17.6 Å². The third-order valence-electron chi connectivity index (χ3n) is 5.22. The van der Waals surface area contributed by atoms with Crippen LogP contribution in [0.4, 0.5) is 5.69 Å². The lowest BCUT2D eigenvalue weighted by molar-refractivity contribution is -1.01. The molecule has 30 heavy (non-hydrogen) atoms. The number of amides is 1. The molecule has 1 aliphatic heterocycles. The Bertz CT molecular complexity index is 803. The fraction of sp³-hybridized carbons (Fsp3) is 0.391. The molecule has 0 unspecified atom stereocenters.